The van der Waals surface area contributed by atoms with Gasteiger partial charge in [0.1, 0.15) is 17.3 Å². The van der Waals surface area contributed by atoms with Gasteiger partial charge in [-0.25, -0.2) is 4.98 Å². The third-order valence-electron chi connectivity index (χ3n) is 15.2. The van der Waals surface area contributed by atoms with E-state index in [2.05, 4.69) is 210 Å². The lowest BCUT2D eigenvalue weighted by Gasteiger charge is -2.49. The number of para-hydroxylation sites is 5. The number of anilines is 9. The minimum atomic E-state index is -2.41. The number of ether oxygens (including phenoxy) is 1. The number of hydrogen-bond acceptors (Lipinski definition) is 5. The largest absolute Gasteiger partial charge is 0.458 e. The maximum absolute atomic E-state index is 8.26. The van der Waals surface area contributed by atoms with Crippen LogP contribution in [0.1, 0.15) is 30.4 Å². The third-order valence-corrected chi connectivity index (χ3v) is 15.2. The molecule has 352 valence electrons. The Kier molecular flexibility index (Phi) is 8.41. The number of nitrogens with zero attached hydrogens (tertiary/aromatic N) is 7. The third kappa shape index (κ3) is 6.16. The molecule has 3 aromatic heterocycles. The van der Waals surface area contributed by atoms with Gasteiger partial charge >= 0.3 is 0 Å². The first kappa shape index (κ1) is 39.3. The van der Waals surface area contributed by atoms with Crippen molar-refractivity contribution in [2.75, 3.05) is 14.7 Å². The van der Waals surface area contributed by atoms with E-state index in [4.69, 9.17) is 13.8 Å². The van der Waals surface area contributed by atoms with Crippen LogP contribution in [0.4, 0.5) is 51.2 Å². The molecule has 12 aromatic rings. The average Bonchev–Trinajstić information content (AvgIpc) is 4.20. The van der Waals surface area contributed by atoms with Gasteiger partial charge in [0.05, 0.1) is 44.5 Å². The molecule has 0 saturated heterocycles. The van der Waals surface area contributed by atoms with Gasteiger partial charge in [-0.05, 0) is 130 Å². The summed E-state index contributed by atoms with van der Waals surface area (Å²) in [4.78, 5) is 12.7. The molecular weight excluding hydrogens is 906 g/mol. The van der Waals surface area contributed by atoms with E-state index in [9.17, 15) is 0 Å². The first-order chi connectivity index (χ1) is 37.5. The molecule has 0 N–H and O–H groups in total. The number of benzene rings is 9. The summed E-state index contributed by atoms with van der Waals surface area (Å²) in [6, 6.07) is 74.3. The second-order valence-electron chi connectivity index (χ2n) is 20.4. The Morgan fingerprint density at radius 2 is 1.09 bits per heavy atom. The van der Waals surface area contributed by atoms with Crippen LogP contribution in [0, 0.1) is 6.33 Å². The molecule has 0 unspecified atom stereocenters. The molecule has 9 heteroatoms. The second kappa shape index (κ2) is 15.8. The summed E-state index contributed by atoms with van der Waals surface area (Å²) in [6.45, 7) is 4.20. The fraction of sp³-hybridized carbons (Fsp3) is 0.0769. The first-order valence-electron chi connectivity index (χ1n) is 26.7. The van der Waals surface area contributed by atoms with Crippen LogP contribution in [0.5, 0.6) is 11.5 Å². The van der Waals surface area contributed by atoms with E-state index in [1.54, 1.807) is 10.6 Å². The normalized spacial score (nSPS) is 14.1. The van der Waals surface area contributed by atoms with Crippen molar-refractivity contribution < 1.29 is 13.4 Å². The van der Waals surface area contributed by atoms with Crippen LogP contribution < -0.4 is 40.4 Å². The van der Waals surface area contributed by atoms with Crippen LogP contribution >= 0.6 is 0 Å². The number of imidazole rings is 1. The van der Waals surface area contributed by atoms with Crippen molar-refractivity contribution in [1.29, 1.82) is 0 Å². The highest BCUT2D eigenvalue weighted by Gasteiger charge is 2.50. The predicted octanol–water partition coefficient (Wildman–Crippen LogP) is 13.7. The molecule has 6 heterocycles. The summed E-state index contributed by atoms with van der Waals surface area (Å²) in [7, 11) is 0. The molecule has 15 rings (SSSR count). The first-order valence-corrected chi connectivity index (χ1v) is 25.2. The lowest BCUT2D eigenvalue weighted by Crippen LogP contribution is -2.64. The van der Waals surface area contributed by atoms with Gasteiger partial charge in [-0.2, -0.15) is 0 Å². The van der Waals surface area contributed by atoms with Crippen LogP contribution in [0.3, 0.4) is 0 Å². The predicted molar refractivity (Wildman–Crippen MR) is 303 cm³/mol. The minimum absolute atomic E-state index is 0.110. The van der Waals surface area contributed by atoms with Crippen LogP contribution in [0.25, 0.3) is 44.3 Å². The van der Waals surface area contributed by atoms with Crippen molar-refractivity contribution in [2.24, 2.45) is 6.98 Å². The van der Waals surface area contributed by atoms with E-state index < -0.39 is 6.98 Å². The highest BCUT2D eigenvalue weighted by molar-refractivity contribution is 7.03. The Morgan fingerprint density at radius 3 is 1.76 bits per heavy atom. The molecule has 9 aromatic carbocycles. The van der Waals surface area contributed by atoms with Crippen LogP contribution in [0.2, 0.25) is 0 Å². The van der Waals surface area contributed by atoms with Crippen molar-refractivity contribution in [1.82, 2.24) is 14.1 Å². The molecule has 0 amide bonds. The average molecular weight is 957 g/mol. The van der Waals surface area contributed by atoms with Gasteiger partial charge in [-0.15, -0.1) is 0 Å². The molecule has 3 aliphatic heterocycles. The summed E-state index contributed by atoms with van der Waals surface area (Å²) in [5.41, 5.74) is 18.7. The SMILES string of the molecule is [2H]C([2H])([2H])[n+]1[c-]n(-c2cccc(Oc3ccc4c5c6c7c(cc5n(-c5cc(C(C)(C)C)ccn5)c4c3)N(c3ccccc3)c3cccc4c3B7c3c(cccc3N6c3ccccc3)N4c3ccccc3)c2)c2ccccc21. The van der Waals surface area contributed by atoms with Crippen molar-refractivity contribution in [3.63, 3.8) is 0 Å². The molecule has 0 radical (unpaired) electrons. The summed E-state index contributed by atoms with van der Waals surface area (Å²) in [5, 5.41) is 2.16. The highest BCUT2D eigenvalue weighted by atomic mass is 16.5. The van der Waals surface area contributed by atoms with Gasteiger partial charge in [0.15, 0.2) is 0 Å². The molecule has 0 atom stereocenters. The Labute approximate surface area is 434 Å². The van der Waals surface area contributed by atoms with Gasteiger partial charge in [-0.1, -0.05) is 124 Å². The van der Waals surface area contributed by atoms with E-state index in [-0.39, 0.29) is 12.1 Å². The topological polar surface area (TPSA) is 45.6 Å². The maximum Gasteiger partial charge on any atom is 0.257 e. The smallest absolute Gasteiger partial charge is 0.257 e. The summed E-state index contributed by atoms with van der Waals surface area (Å²) >= 11 is 0. The number of rotatable bonds is 7. The van der Waals surface area contributed by atoms with Crippen LogP contribution in [0.15, 0.2) is 219 Å². The second-order valence-corrected chi connectivity index (χ2v) is 20.4. The quantitative estimate of drug-likeness (QED) is 0.0905. The van der Waals surface area contributed by atoms with Gasteiger partial charge < -0.3 is 28.6 Å². The lowest BCUT2D eigenvalue weighted by molar-refractivity contribution is -0.649. The van der Waals surface area contributed by atoms with Crippen molar-refractivity contribution >= 4 is 107 Å². The minimum Gasteiger partial charge on any atom is -0.458 e. The zero-order valence-corrected chi connectivity index (χ0v) is 40.9. The molecule has 0 spiro atoms. The van der Waals surface area contributed by atoms with Crippen molar-refractivity contribution in [3.05, 3.63) is 230 Å². The molecule has 0 aliphatic carbocycles. The zero-order valence-electron chi connectivity index (χ0n) is 43.9. The summed E-state index contributed by atoms with van der Waals surface area (Å²) in [5.74, 6) is 2.02. The van der Waals surface area contributed by atoms with E-state index >= 15 is 0 Å². The molecule has 0 fully saturated rings. The Balaban J connectivity index is 1.02. The number of aryl methyl sites for hydroxylation is 1. The van der Waals surface area contributed by atoms with Crippen molar-refractivity contribution in [3.8, 4) is 23.0 Å². The highest BCUT2D eigenvalue weighted by Crippen LogP contribution is 2.54. The Hall–Kier alpha value is -9.34. The molecule has 0 bridgehead atoms. The zero-order chi connectivity index (χ0) is 51.9. The molecule has 74 heavy (non-hydrogen) atoms. The van der Waals surface area contributed by atoms with E-state index in [1.165, 1.54) is 26.5 Å². The number of fused-ring (bicyclic) bond motifs is 5. The summed E-state index contributed by atoms with van der Waals surface area (Å²) < 4.78 is 37.0. The van der Waals surface area contributed by atoms with Gasteiger partial charge in [-0.3, -0.25) is 4.57 Å². The number of pyridine rings is 1. The fourth-order valence-corrected chi connectivity index (χ4v) is 12.0. The molecule has 3 aliphatic rings. The van der Waals surface area contributed by atoms with E-state index in [0.717, 1.165) is 90.0 Å². The standard InChI is InChI=1S/C65H48BN7O/c1-65(2,3)42-35-36-67-59(37-42)73-56-39-48(74-47-26-16-25-46(38-47)69-41-68(4)50-27-14-15-28-51(50)69)33-34-49(56)60-57(73)40-58-63-64(60)72(45-23-12-7-13-24-45)55-32-18-30-53-62(55)66(63)61-52(70(53)43-19-8-5-9-20-43)29-17-31-54(61)71(58)44-21-10-6-11-22-44/h5-40H,1-4H3/i4D3. The van der Waals surface area contributed by atoms with E-state index in [1.807, 2.05) is 48.7 Å². The maximum atomic E-state index is 8.26. The molecular formula is C65H48BN7O. The lowest BCUT2D eigenvalue weighted by atomic mass is 9.31. The van der Waals surface area contributed by atoms with Gasteiger partial charge in [0.25, 0.3) is 6.71 Å². The van der Waals surface area contributed by atoms with Crippen molar-refractivity contribution in [2.45, 2.75) is 26.2 Å². The summed E-state index contributed by atoms with van der Waals surface area (Å²) in [6.07, 6.45) is 5.04. The number of aromatic nitrogens is 4. The fourth-order valence-electron chi connectivity index (χ4n) is 12.0. The van der Waals surface area contributed by atoms with Gasteiger partial charge in [0, 0.05) is 68.5 Å². The molecule has 8 nitrogen and oxygen atoms in total. The monoisotopic (exact) mass is 956 g/mol. The van der Waals surface area contributed by atoms with Crippen LogP contribution in [-0.4, -0.2) is 20.8 Å². The molecule has 0 saturated carbocycles. The Morgan fingerprint density at radius 1 is 0.514 bits per heavy atom. The number of hydrogen-bond donors (Lipinski definition) is 0. The van der Waals surface area contributed by atoms with Crippen LogP contribution in [-0.2, 0) is 12.4 Å². The van der Waals surface area contributed by atoms with Gasteiger partial charge in [0.2, 0.25) is 6.33 Å². The Bertz CT molecular complexity index is 4360. The van der Waals surface area contributed by atoms with E-state index in [0.29, 0.717) is 17.0 Å².